The van der Waals surface area contributed by atoms with Crippen LogP contribution < -0.4 is 5.32 Å². The van der Waals surface area contributed by atoms with E-state index in [2.05, 4.69) is 50.1 Å². The molecule has 0 radical (unpaired) electrons. The first kappa shape index (κ1) is 14.2. The maximum atomic E-state index is 4.31. The monoisotopic (exact) mass is 234 g/mol. The zero-order valence-electron chi connectivity index (χ0n) is 11.8. The Morgan fingerprint density at radius 2 is 1.76 bits per heavy atom. The molecule has 96 valence electrons. The summed E-state index contributed by atoms with van der Waals surface area (Å²) in [6.45, 7) is 13.2. The molecule has 0 bridgehead atoms. The van der Waals surface area contributed by atoms with Crippen LogP contribution >= 0.6 is 0 Å². The Hall–Kier alpha value is -0.890. The van der Waals surface area contributed by atoms with Crippen LogP contribution in [0, 0.1) is 24.7 Å². The quantitative estimate of drug-likeness (QED) is 0.816. The van der Waals surface area contributed by atoms with Crippen molar-refractivity contribution in [2.45, 2.75) is 41.2 Å². The summed E-state index contributed by atoms with van der Waals surface area (Å²) in [6.07, 6.45) is 1.96. The molecule has 0 saturated heterocycles. The predicted molar refractivity (Wildman–Crippen MR) is 73.8 cm³/mol. The number of aryl methyl sites for hydroxylation is 1. The highest BCUT2D eigenvalue weighted by atomic mass is 14.9. The van der Waals surface area contributed by atoms with E-state index >= 15 is 0 Å². The lowest BCUT2D eigenvalue weighted by Gasteiger charge is -2.25. The van der Waals surface area contributed by atoms with E-state index in [9.17, 15) is 0 Å². The highest BCUT2D eigenvalue weighted by Crippen LogP contribution is 2.19. The van der Waals surface area contributed by atoms with Crippen LogP contribution in [0.25, 0.3) is 0 Å². The third-order valence-corrected chi connectivity index (χ3v) is 3.39. The SMILES string of the molecule is Cc1ccc(CNCC(C(C)C)C(C)C)cn1. The van der Waals surface area contributed by atoms with Gasteiger partial charge < -0.3 is 5.32 Å². The van der Waals surface area contributed by atoms with Gasteiger partial charge in [-0.25, -0.2) is 0 Å². The average Bonchev–Trinajstić information content (AvgIpc) is 2.25. The van der Waals surface area contributed by atoms with E-state index in [1.165, 1.54) is 5.56 Å². The Bertz CT molecular complexity index is 306. The zero-order chi connectivity index (χ0) is 12.8. The van der Waals surface area contributed by atoms with Gasteiger partial charge in [0.25, 0.3) is 0 Å². The van der Waals surface area contributed by atoms with Gasteiger partial charge in [-0.15, -0.1) is 0 Å². The summed E-state index contributed by atoms with van der Waals surface area (Å²) in [5, 5.41) is 3.54. The third kappa shape index (κ3) is 4.86. The molecule has 0 unspecified atom stereocenters. The summed E-state index contributed by atoms with van der Waals surface area (Å²) in [6, 6.07) is 4.22. The van der Waals surface area contributed by atoms with Crippen LogP contribution in [0.4, 0.5) is 0 Å². The molecule has 0 amide bonds. The van der Waals surface area contributed by atoms with Gasteiger partial charge in [0, 0.05) is 18.4 Å². The van der Waals surface area contributed by atoms with Crippen LogP contribution in [0.2, 0.25) is 0 Å². The molecule has 1 aromatic rings. The van der Waals surface area contributed by atoms with Crippen molar-refractivity contribution in [3.8, 4) is 0 Å². The van der Waals surface area contributed by atoms with Gasteiger partial charge in [0.15, 0.2) is 0 Å². The summed E-state index contributed by atoms with van der Waals surface area (Å²) < 4.78 is 0. The number of hydrogen-bond donors (Lipinski definition) is 1. The normalized spacial score (nSPS) is 11.8. The Morgan fingerprint density at radius 3 is 2.24 bits per heavy atom. The lowest BCUT2D eigenvalue weighted by atomic mass is 9.85. The van der Waals surface area contributed by atoms with Gasteiger partial charge in [-0.05, 0) is 42.9 Å². The van der Waals surface area contributed by atoms with Gasteiger partial charge in [-0.2, -0.15) is 0 Å². The first-order valence-corrected chi connectivity index (χ1v) is 6.63. The van der Waals surface area contributed by atoms with Crippen LogP contribution in [-0.4, -0.2) is 11.5 Å². The Morgan fingerprint density at radius 1 is 1.12 bits per heavy atom. The molecule has 0 saturated carbocycles. The van der Waals surface area contributed by atoms with Crippen LogP contribution in [0.1, 0.15) is 39.0 Å². The fourth-order valence-electron chi connectivity index (χ4n) is 2.23. The van der Waals surface area contributed by atoms with Crippen molar-refractivity contribution >= 4 is 0 Å². The third-order valence-electron chi connectivity index (χ3n) is 3.39. The average molecular weight is 234 g/mol. The van der Waals surface area contributed by atoms with Crippen molar-refractivity contribution in [3.05, 3.63) is 29.6 Å². The number of rotatable bonds is 6. The molecule has 1 aromatic heterocycles. The maximum Gasteiger partial charge on any atom is 0.0372 e. The molecule has 0 spiro atoms. The van der Waals surface area contributed by atoms with Crippen molar-refractivity contribution in [3.63, 3.8) is 0 Å². The molecule has 0 aliphatic heterocycles. The lowest BCUT2D eigenvalue weighted by molar-refractivity contribution is 0.275. The van der Waals surface area contributed by atoms with Crippen molar-refractivity contribution in [1.29, 1.82) is 0 Å². The van der Waals surface area contributed by atoms with Crippen LogP contribution in [0.15, 0.2) is 18.3 Å². The molecule has 0 atom stereocenters. The Kier molecular flexibility index (Phi) is 5.63. The maximum absolute atomic E-state index is 4.31. The van der Waals surface area contributed by atoms with E-state index in [0.717, 1.165) is 36.5 Å². The Labute approximate surface area is 106 Å². The standard InChI is InChI=1S/C15H26N2/c1-11(2)15(12(3)4)10-16-8-14-7-6-13(5)17-9-14/h6-7,9,11-12,15-16H,8,10H2,1-5H3. The van der Waals surface area contributed by atoms with Crippen molar-refractivity contribution in [1.82, 2.24) is 10.3 Å². The molecular formula is C15H26N2. The number of pyridine rings is 1. The molecule has 1 N–H and O–H groups in total. The summed E-state index contributed by atoms with van der Waals surface area (Å²) in [5.41, 5.74) is 2.35. The molecular weight excluding hydrogens is 208 g/mol. The minimum atomic E-state index is 0.735. The second kappa shape index (κ2) is 6.75. The number of nitrogens with zero attached hydrogens (tertiary/aromatic N) is 1. The highest BCUT2D eigenvalue weighted by Gasteiger charge is 2.16. The van der Waals surface area contributed by atoms with Gasteiger partial charge >= 0.3 is 0 Å². The number of hydrogen-bond acceptors (Lipinski definition) is 2. The van der Waals surface area contributed by atoms with E-state index in [1.807, 2.05) is 13.1 Å². The van der Waals surface area contributed by atoms with Gasteiger partial charge in [-0.1, -0.05) is 33.8 Å². The van der Waals surface area contributed by atoms with Gasteiger partial charge in [0.1, 0.15) is 0 Å². The van der Waals surface area contributed by atoms with Gasteiger partial charge in [0.2, 0.25) is 0 Å². The molecule has 17 heavy (non-hydrogen) atoms. The second-order valence-corrected chi connectivity index (χ2v) is 5.59. The molecule has 2 heteroatoms. The molecule has 0 fully saturated rings. The molecule has 2 nitrogen and oxygen atoms in total. The first-order chi connectivity index (χ1) is 8.00. The predicted octanol–water partition coefficient (Wildman–Crippen LogP) is 3.41. The fourth-order valence-corrected chi connectivity index (χ4v) is 2.23. The van der Waals surface area contributed by atoms with Gasteiger partial charge in [0.05, 0.1) is 0 Å². The number of nitrogens with one attached hydrogen (secondary N) is 1. The molecule has 1 heterocycles. The smallest absolute Gasteiger partial charge is 0.0372 e. The lowest BCUT2D eigenvalue weighted by Crippen LogP contribution is -2.29. The van der Waals surface area contributed by atoms with E-state index in [4.69, 9.17) is 0 Å². The van der Waals surface area contributed by atoms with Crippen molar-refractivity contribution in [2.75, 3.05) is 6.54 Å². The first-order valence-electron chi connectivity index (χ1n) is 6.63. The summed E-state index contributed by atoms with van der Waals surface area (Å²) in [7, 11) is 0. The van der Waals surface area contributed by atoms with E-state index in [1.54, 1.807) is 0 Å². The molecule has 0 aliphatic rings. The van der Waals surface area contributed by atoms with Crippen molar-refractivity contribution in [2.24, 2.45) is 17.8 Å². The number of aromatic nitrogens is 1. The van der Waals surface area contributed by atoms with Crippen LogP contribution in [-0.2, 0) is 6.54 Å². The van der Waals surface area contributed by atoms with Crippen LogP contribution in [0.3, 0.4) is 0 Å². The molecule has 0 aliphatic carbocycles. The largest absolute Gasteiger partial charge is 0.312 e. The minimum Gasteiger partial charge on any atom is -0.312 e. The minimum absolute atomic E-state index is 0.735. The summed E-state index contributed by atoms with van der Waals surface area (Å²) >= 11 is 0. The van der Waals surface area contributed by atoms with E-state index in [0.29, 0.717) is 0 Å². The summed E-state index contributed by atoms with van der Waals surface area (Å²) in [4.78, 5) is 4.31. The van der Waals surface area contributed by atoms with E-state index in [-0.39, 0.29) is 0 Å². The van der Waals surface area contributed by atoms with Crippen LogP contribution in [0.5, 0.6) is 0 Å². The van der Waals surface area contributed by atoms with E-state index < -0.39 is 0 Å². The summed E-state index contributed by atoms with van der Waals surface area (Å²) in [5.74, 6) is 2.21. The zero-order valence-corrected chi connectivity index (χ0v) is 11.8. The Balaban J connectivity index is 2.38. The second-order valence-electron chi connectivity index (χ2n) is 5.59. The van der Waals surface area contributed by atoms with Crippen molar-refractivity contribution < 1.29 is 0 Å². The topological polar surface area (TPSA) is 24.9 Å². The van der Waals surface area contributed by atoms with Gasteiger partial charge in [-0.3, -0.25) is 4.98 Å². The fraction of sp³-hybridized carbons (Fsp3) is 0.667. The molecule has 0 aromatic carbocycles. The highest BCUT2D eigenvalue weighted by molar-refractivity contribution is 5.12. The molecule has 1 rings (SSSR count).